The molecule has 1 fully saturated rings. The van der Waals surface area contributed by atoms with Crippen LogP contribution >= 0.6 is 0 Å². The number of likely N-dealkylation sites (N-methyl/N-ethyl adjacent to an activating group) is 1. The van der Waals surface area contributed by atoms with Crippen LogP contribution < -0.4 is 5.32 Å². The molecule has 0 spiro atoms. The summed E-state index contributed by atoms with van der Waals surface area (Å²) < 4.78 is 0. The number of aliphatic hydroxyl groups is 1. The highest BCUT2D eigenvalue weighted by molar-refractivity contribution is 5.82. The molecule has 4 nitrogen and oxygen atoms in total. The topological polar surface area (TPSA) is 52.6 Å². The van der Waals surface area contributed by atoms with Crippen LogP contribution in [0.25, 0.3) is 0 Å². The minimum atomic E-state index is -0.543. The fourth-order valence-corrected chi connectivity index (χ4v) is 3.22. The summed E-state index contributed by atoms with van der Waals surface area (Å²) in [6, 6.07) is 10.2. The van der Waals surface area contributed by atoms with Crippen LogP contribution in [-0.4, -0.2) is 34.7 Å². The molecule has 1 saturated heterocycles. The molecule has 1 aliphatic rings. The Kier molecular flexibility index (Phi) is 6.40. The van der Waals surface area contributed by atoms with E-state index < -0.39 is 6.23 Å². The highest BCUT2D eigenvalue weighted by Gasteiger charge is 2.33. The molecule has 2 rings (SSSR count). The summed E-state index contributed by atoms with van der Waals surface area (Å²) >= 11 is 0. The minimum absolute atomic E-state index is 0.115. The van der Waals surface area contributed by atoms with Gasteiger partial charge in [-0.1, -0.05) is 50.1 Å². The predicted octanol–water partition coefficient (Wildman–Crippen LogP) is 2.84. The van der Waals surface area contributed by atoms with Gasteiger partial charge in [0.25, 0.3) is 0 Å². The quantitative estimate of drug-likeness (QED) is 0.814. The number of nitrogens with zero attached hydrogens (tertiary/aromatic N) is 1. The van der Waals surface area contributed by atoms with Crippen molar-refractivity contribution >= 4 is 5.91 Å². The first-order valence-electron chi connectivity index (χ1n) is 8.46. The van der Waals surface area contributed by atoms with Crippen LogP contribution in [0.15, 0.2) is 30.3 Å². The van der Waals surface area contributed by atoms with E-state index in [1.165, 1.54) is 5.56 Å². The summed E-state index contributed by atoms with van der Waals surface area (Å²) in [7, 11) is 0. The number of rotatable bonds is 7. The Morgan fingerprint density at radius 2 is 2.05 bits per heavy atom. The van der Waals surface area contributed by atoms with Gasteiger partial charge in [0.15, 0.2) is 0 Å². The molecule has 1 aliphatic heterocycles. The molecule has 0 bridgehead atoms. The number of hydrogen-bond acceptors (Lipinski definition) is 3. The van der Waals surface area contributed by atoms with Crippen molar-refractivity contribution in [3.8, 4) is 0 Å². The molecule has 0 saturated carbocycles. The van der Waals surface area contributed by atoms with E-state index in [9.17, 15) is 9.90 Å². The third kappa shape index (κ3) is 4.08. The number of carbonyl (C=O) groups is 1. The Bertz CT molecular complexity index is 463. The molecule has 2 N–H and O–H groups in total. The zero-order valence-corrected chi connectivity index (χ0v) is 13.7. The zero-order valence-electron chi connectivity index (χ0n) is 13.7. The van der Waals surface area contributed by atoms with E-state index in [0.717, 1.165) is 19.3 Å². The second kappa shape index (κ2) is 8.30. The first-order chi connectivity index (χ1) is 10.7. The Balaban J connectivity index is 2.17. The number of hydrogen-bond donors (Lipinski definition) is 2. The van der Waals surface area contributed by atoms with Gasteiger partial charge in [0.2, 0.25) is 5.91 Å². The molecule has 1 aromatic carbocycles. The molecular formula is C18H28N2O2. The summed E-state index contributed by atoms with van der Waals surface area (Å²) in [6.07, 6.45) is 4.03. The lowest BCUT2D eigenvalue weighted by Gasteiger charge is -2.33. The van der Waals surface area contributed by atoms with Gasteiger partial charge in [-0.15, -0.1) is 0 Å². The largest absolute Gasteiger partial charge is 0.379 e. The zero-order chi connectivity index (χ0) is 15.9. The molecule has 4 heteroatoms. The minimum Gasteiger partial charge on any atom is -0.379 e. The lowest BCUT2D eigenvalue weighted by molar-refractivity contribution is -0.136. The average Bonchev–Trinajstić information content (AvgIpc) is 2.98. The van der Waals surface area contributed by atoms with Gasteiger partial charge in [-0.25, -0.2) is 0 Å². The van der Waals surface area contributed by atoms with Gasteiger partial charge >= 0.3 is 0 Å². The molecule has 122 valence electrons. The van der Waals surface area contributed by atoms with Crippen molar-refractivity contribution in [2.45, 2.75) is 64.3 Å². The third-order valence-electron chi connectivity index (χ3n) is 4.44. The Morgan fingerprint density at radius 1 is 1.32 bits per heavy atom. The maximum absolute atomic E-state index is 12.9. The number of benzene rings is 1. The molecule has 0 aromatic heterocycles. The number of nitrogens with one attached hydrogen (secondary N) is 1. The molecular weight excluding hydrogens is 276 g/mol. The Labute approximate surface area is 133 Å². The number of aliphatic hydroxyl groups excluding tert-OH is 1. The maximum atomic E-state index is 12.9. The van der Waals surface area contributed by atoms with Crippen LogP contribution in [0.5, 0.6) is 0 Å². The van der Waals surface area contributed by atoms with Crippen molar-refractivity contribution in [2.75, 3.05) is 6.54 Å². The molecule has 0 aliphatic carbocycles. The second-order valence-electron chi connectivity index (χ2n) is 6.01. The van der Waals surface area contributed by atoms with Gasteiger partial charge in [0.05, 0.1) is 12.1 Å². The van der Waals surface area contributed by atoms with Gasteiger partial charge in [-0.2, -0.15) is 0 Å². The Morgan fingerprint density at radius 3 is 2.59 bits per heavy atom. The van der Waals surface area contributed by atoms with E-state index in [4.69, 9.17) is 0 Å². The van der Waals surface area contributed by atoms with Gasteiger partial charge in [0.1, 0.15) is 6.23 Å². The molecule has 2 unspecified atom stereocenters. The van der Waals surface area contributed by atoms with Gasteiger partial charge in [-0.3, -0.25) is 10.1 Å². The van der Waals surface area contributed by atoms with Crippen LogP contribution in [0.3, 0.4) is 0 Å². The van der Waals surface area contributed by atoms with Crippen LogP contribution in [-0.2, 0) is 4.79 Å². The van der Waals surface area contributed by atoms with Crippen LogP contribution in [0.1, 0.15) is 57.6 Å². The molecule has 0 radical (unpaired) electrons. The SMILES string of the molecule is CCCCC(c1ccccc1)N(CC)C(=O)[C@@H]1CCC(O)N1. The van der Waals surface area contributed by atoms with E-state index in [2.05, 4.69) is 24.4 Å². The Hall–Kier alpha value is -1.39. The lowest BCUT2D eigenvalue weighted by Crippen LogP contribution is -2.46. The van der Waals surface area contributed by atoms with Crippen molar-refractivity contribution in [3.05, 3.63) is 35.9 Å². The summed E-state index contributed by atoms with van der Waals surface area (Å²) in [5.74, 6) is 0.115. The normalized spacial score (nSPS) is 22.5. The highest BCUT2D eigenvalue weighted by atomic mass is 16.3. The van der Waals surface area contributed by atoms with Crippen molar-refractivity contribution in [3.63, 3.8) is 0 Å². The maximum Gasteiger partial charge on any atom is 0.240 e. The molecule has 1 aromatic rings. The fraction of sp³-hybridized carbons (Fsp3) is 0.611. The van der Waals surface area contributed by atoms with E-state index in [-0.39, 0.29) is 18.0 Å². The standard InChI is InChI=1S/C18H28N2O2/c1-3-5-11-16(14-9-7-6-8-10-14)20(4-2)18(22)15-12-13-17(21)19-15/h6-10,15-17,19,21H,3-5,11-13H2,1-2H3/t15-,16?,17?/m0/s1. The first-order valence-corrected chi connectivity index (χ1v) is 8.46. The summed E-state index contributed by atoms with van der Waals surface area (Å²) in [5, 5.41) is 12.6. The van der Waals surface area contributed by atoms with Crippen molar-refractivity contribution < 1.29 is 9.90 Å². The van der Waals surface area contributed by atoms with E-state index in [1.54, 1.807) is 0 Å². The molecule has 3 atom stereocenters. The molecule has 1 heterocycles. The number of unbranched alkanes of at least 4 members (excludes halogenated alkanes) is 1. The summed E-state index contributed by atoms with van der Waals surface area (Å²) in [4.78, 5) is 14.8. The van der Waals surface area contributed by atoms with Gasteiger partial charge in [-0.05, 0) is 31.7 Å². The highest BCUT2D eigenvalue weighted by Crippen LogP contribution is 2.28. The average molecular weight is 304 g/mol. The van der Waals surface area contributed by atoms with E-state index in [1.807, 2.05) is 30.0 Å². The number of amides is 1. The van der Waals surface area contributed by atoms with Crippen LogP contribution in [0.2, 0.25) is 0 Å². The smallest absolute Gasteiger partial charge is 0.240 e. The monoisotopic (exact) mass is 304 g/mol. The number of carbonyl (C=O) groups excluding carboxylic acids is 1. The lowest BCUT2D eigenvalue weighted by atomic mass is 9.98. The molecule has 22 heavy (non-hydrogen) atoms. The van der Waals surface area contributed by atoms with Gasteiger partial charge < -0.3 is 10.0 Å². The van der Waals surface area contributed by atoms with Crippen molar-refractivity contribution in [1.82, 2.24) is 10.2 Å². The molecule has 1 amide bonds. The van der Waals surface area contributed by atoms with Crippen LogP contribution in [0.4, 0.5) is 0 Å². The van der Waals surface area contributed by atoms with Crippen LogP contribution in [0, 0.1) is 0 Å². The fourth-order valence-electron chi connectivity index (χ4n) is 3.22. The summed E-state index contributed by atoms with van der Waals surface area (Å²) in [5.41, 5.74) is 1.20. The second-order valence-corrected chi connectivity index (χ2v) is 6.01. The van der Waals surface area contributed by atoms with Gasteiger partial charge in [0, 0.05) is 6.54 Å². The van der Waals surface area contributed by atoms with E-state index >= 15 is 0 Å². The van der Waals surface area contributed by atoms with Crippen molar-refractivity contribution in [2.24, 2.45) is 0 Å². The van der Waals surface area contributed by atoms with Crippen molar-refractivity contribution in [1.29, 1.82) is 0 Å². The summed E-state index contributed by atoms with van der Waals surface area (Å²) in [6.45, 7) is 4.90. The third-order valence-corrected chi connectivity index (χ3v) is 4.44. The predicted molar refractivity (Wildman–Crippen MR) is 88.3 cm³/mol. The first kappa shape index (κ1) is 17.0. The van der Waals surface area contributed by atoms with E-state index in [0.29, 0.717) is 19.4 Å².